The number of ether oxygens (including phenoxy) is 2. The lowest BCUT2D eigenvalue weighted by Gasteiger charge is -2.22. The number of nitro benzene ring substituents is 1. The van der Waals surface area contributed by atoms with Gasteiger partial charge in [0.1, 0.15) is 12.6 Å². The maximum absolute atomic E-state index is 13.4. The molecule has 0 aliphatic heterocycles. The van der Waals surface area contributed by atoms with Gasteiger partial charge in [-0.3, -0.25) is 14.9 Å². The van der Waals surface area contributed by atoms with Gasteiger partial charge in [0.2, 0.25) is 5.91 Å². The summed E-state index contributed by atoms with van der Waals surface area (Å²) in [5.74, 6) is -1.00. The molecule has 10 nitrogen and oxygen atoms in total. The molecular formula is C30H31N3O7. The first-order chi connectivity index (χ1) is 19.3. The molecule has 0 saturated carbocycles. The Kier molecular flexibility index (Phi) is 11.4. The minimum Gasteiger partial charge on any atom is -0.466 e. The van der Waals surface area contributed by atoms with E-state index in [1.54, 1.807) is 6.08 Å². The first-order valence-corrected chi connectivity index (χ1v) is 12.6. The Morgan fingerprint density at radius 1 is 0.875 bits per heavy atom. The number of alkyl carbamates (subject to hydrolysis) is 1. The van der Waals surface area contributed by atoms with Gasteiger partial charge in [0.05, 0.1) is 12.0 Å². The van der Waals surface area contributed by atoms with E-state index >= 15 is 0 Å². The second-order valence-corrected chi connectivity index (χ2v) is 8.91. The Bertz CT molecular complexity index is 1300. The number of nitro groups is 1. The van der Waals surface area contributed by atoms with Crippen molar-refractivity contribution in [3.05, 3.63) is 124 Å². The summed E-state index contributed by atoms with van der Waals surface area (Å²) in [7, 11) is 1.27. The third-order valence-corrected chi connectivity index (χ3v) is 5.99. The van der Waals surface area contributed by atoms with Crippen molar-refractivity contribution in [3.63, 3.8) is 0 Å². The molecule has 3 aromatic carbocycles. The van der Waals surface area contributed by atoms with Crippen molar-refractivity contribution >= 4 is 23.7 Å². The quantitative estimate of drug-likeness (QED) is 0.142. The third kappa shape index (κ3) is 10.1. The van der Waals surface area contributed by atoms with E-state index in [-0.39, 0.29) is 18.7 Å². The van der Waals surface area contributed by atoms with Crippen LogP contribution in [0.15, 0.2) is 97.1 Å². The molecule has 0 aliphatic carbocycles. The second kappa shape index (κ2) is 15.4. The van der Waals surface area contributed by atoms with E-state index in [9.17, 15) is 24.5 Å². The van der Waals surface area contributed by atoms with Crippen molar-refractivity contribution in [1.82, 2.24) is 10.6 Å². The predicted octanol–water partition coefficient (Wildman–Crippen LogP) is 4.28. The highest BCUT2D eigenvalue weighted by Crippen LogP contribution is 2.13. The molecule has 0 radical (unpaired) electrons. The highest BCUT2D eigenvalue weighted by molar-refractivity contribution is 5.86. The van der Waals surface area contributed by atoms with Crippen LogP contribution in [0.4, 0.5) is 10.5 Å². The van der Waals surface area contributed by atoms with Crippen LogP contribution in [0.5, 0.6) is 0 Å². The van der Waals surface area contributed by atoms with E-state index in [1.165, 1.54) is 37.5 Å². The summed E-state index contributed by atoms with van der Waals surface area (Å²) in [4.78, 5) is 48.1. The van der Waals surface area contributed by atoms with Crippen LogP contribution in [0.2, 0.25) is 0 Å². The van der Waals surface area contributed by atoms with Gasteiger partial charge >= 0.3 is 12.1 Å². The van der Waals surface area contributed by atoms with Crippen LogP contribution in [-0.4, -0.2) is 42.1 Å². The van der Waals surface area contributed by atoms with Gasteiger partial charge in [-0.2, -0.15) is 0 Å². The van der Waals surface area contributed by atoms with Gasteiger partial charge < -0.3 is 20.1 Å². The lowest BCUT2D eigenvalue weighted by atomic mass is 10.0. The highest BCUT2D eigenvalue weighted by atomic mass is 16.6. The molecule has 3 rings (SSSR count). The molecule has 2 N–H and O–H groups in total. The molecule has 0 aliphatic rings. The number of carbonyl (C=O) groups is 3. The van der Waals surface area contributed by atoms with Gasteiger partial charge in [-0.15, -0.1) is 0 Å². The number of aryl methyl sites for hydroxylation is 1. The number of carbonyl (C=O) groups excluding carboxylic acids is 3. The average molecular weight is 546 g/mol. The zero-order chi connectivity index (χ0) is 28.7. The third-order valence-electron chi connectivity index (χ3n) is 5.99. The van der Waals surface area contributed by atoms with Crippen molar-refractivity contribution in [2.24, 2.45) is 0 Å². The molecule has 3 aromatic rings. The minimum absolute atomic E-state index is 0.0733. The number of hydrogen-bond acceptors (Lipinski definition) is 7. The maximum Gasteiger partial charge on any atom is 0.408 e. The number of esters is 1. The Hall–Kier alpha value is -4.99. The number of benzene rings is 3. The SMILES string of the molecule is COC(=O)/C=C/[C@H](CCc1ccccc1)NC(=O)[C@H](Cc1ccccc1)NC(=O)OCc1ccc([N+](=O)[O-])cc1. The molecule has 2 atom stereocenters. The molecule has 2 amide bonds. The smallest absolute Gasteiger partial charge is 0.408 e. The molecule has 40 heavy (non-hydrogen) atoms. The highest BCUT2D eigenvalue weighted by Gasteiger charge is 2.24. The molecule has 0 heterocycles. The van der Waals surface area contributed by atoms with E-state index < -0.39 is 35.0 Å². The lowest BCUT2D eigenvalue weighted by Crippen LogP contribution is -2.50. The van der Waals surface area contributed by atoms with Crippen LogP contribution in [0.3, 0.4) is 0 Å². The van der Waals surface area contributed by atoms with Crippen LogP contribution in [0.1, 0.15) is 23.1 Å². The summed E-state index contributed by atoms with van der Waals surface area (Å²) >= 11 is 0. The van der Waals surface area contributed by atoms with Gasteiger partial charge in [0, 0.05) is 30.7 Å². The number of rotatable bonds is 13. The van der Waals surface area contributed by atoms with Crippen LogP contribution < -0.4 is 10.6 Å². The van der Waals surface area contributed by atoms with Crippen molar-refractivity contribution in [1.29, 1.82) is 0 Å². The fraction of sp³-hybridized carbons (Fsp3) is 0.233. The summed E-state index contributed by atoms with van der Waals surface area (Å²) in [5, 5.41) is 16.4. The van der Waals surface area contributed by atoms with Crippen LogP contribution in [0, 0.1) is 10.1 Å². The van der Waals surface area contributed by atoms with Gasteiger partial charge in [-0.25, -0.2) is 9.59 Å². The number of methoxy groups -OCH3 is 1. The number of amides is 2. The van der Waals surface area contributed by atoms with Crippen LogP contribution >= 0.6 is 0 Å². The zero-order valence-corrected chi connectivity index (χ0v) is 22.0. The van der Waals surface area contributed by atoms with E-state index in [0.717, 1.165) is 11.1 Å². The molecular weight excluding hydrogens is 514 g/mol. The molecule has 0 bridgehead atoms. The molecule has 208 valence electrons. The first-order valence-electron chi connectivity index (χ1n) is 12.6. The summed E-state index contributed by atoms with van der Waals surface area (Å²) in [6.07, 6.45) is 3.36. The van der Waals surface area contributed by atoms with Crippen molar-refractivity contribution in [2.75, 3.05) is 7.11 Å². The zero-order valence-electron chi connectivity index (χ0n) is 22.0. The fourth-order valence-corrected chi connectivity index (χ4v) is 3.84. The molecule has 0 spiro atoms. The van der Waals surface area contributed by atoms with Gasteiger partial charge in [0.25, 0.3) is 5.69 Å². The van der Waals surface area contributed by atoms with Crippen LogP contribution in [0.25, 0.3) is 0 Å². The predicted molar refractivity (Wildman–Crippen MR) is 148 cm³/mol. The van der Waals surface area contributed by atoms with E-state index in [1.807, 2.05) is 60.7 Å². The standard InChI is InChI=1S/C30H31N3O7/c1-39-28(34)19-16-25(15-12-22-8-4-2-5-9-22)31-29(35)27(20-23-10-6-3-7-11-23)32-30(36)40-21-24-13-17-26(18-14-24)33(37)38/h2-11,13-14,16-19,25,27H,12,15,20-21H2,1H3,(H,31,35)(H,32,36)/b19-16+/t25-,27-/m0/s1. The average Bonchev–Trinajstić information content (AvgIpc) is 2.98. The summed E-state index contributed by atoms with van der Waals surface area (Å²) in [5.41, 5.74) is 2.38. The fourth-order valence-electron chi connectivity index (χ4n) is 3.84. The summed E-state index contributed by atoms with van der Waals surface area (Å²) in [6.45, 7) is -0.134. The normalized spacial score (nSPS) is 12.2. The number of nitrogens with zero attached hydrogens (tertiary/aromatic N) is 1. The van der Waals surface area contributed by atoms with Gasteiger partial charge in [-0.1, -0.05) is 66.7 Å². The van der Waals surface area contributed by atoms with E-state index in [2.05, 4.69) is 15.4 Å². The topological polar surface area (TPSA) is 137 Å². The molecule has 0 aromatic heterocycles. The van der Waals surface area contributed by atoms with Crippen molar-refractivity contribution < 1.29 is 28.8 Å². The van der Waals surface area contributed by atoms with E-state index in [4.69, 9.17) is 4.74 Å². The lowest BCUT2D eigenvalue weighted by molar-refractivity contribution is -0.384. The Balaban J connectivity index is 1.69. The first kappa shape index (κ1) is 29.6. The molecule has 0 fully saturated rings. The van der Waals surface area contributed by atoms with Gasteiger partial charge in [0.15, 0.2) is 0 Å². The summed E-state index contributed by atoms with van der Waals surface area (Å²) < 4.78 is 9.96. The van der Waals surface area contributed by atoms with E-state index in [0.29, 0.717) is 18.4 Å². The molecule has 10 heteroatoms. The Labute approximate surface area is 232 Å². The number of hydrogen-bond donors (Lipinski definition) is 2. The van der Waals surface area contributed by atoms with Crippen molar-refractivity contribution in [3.8, 4) is 0 Å². The Morgan fingerprint density at radius 3 is 2.10 bits per heavy atom. The van der Waals surface area contributed by atoms with Crippen LogP contribution in [-0.2, 0) is 38.5 Å². The monoisotopic (exact) mass is 545 g/mol. The summed E-state index contributed by atoms with van der Waals surface area (Å²) in [6, 6.07) is 23.1. The largest absolute Gasteiger partial charge is 0.466 e. The maximum atomic E-state index is 13.4. The van der Waals surface area contributed by atoms with Gasteiger partial charge in [-0.05, 0) is 41.7 Å². The molecule has 0 saturated heterocycles. The Morgan fingerprint density at radius 2 is 1.50 bits per heavy atom. The van der Waals surface area contributed by atoms with Crippen molar-refractivity contribution in [2.45, 2.75) is 38.0 Å². The second-order valence-electron chi connectivity index (χ2n) is 8.91. The minimum atomic E-state index is -0.975. The number of non-ortho nitro benzene ring substituents is 1. The number of nitrogens with one attached hydrogen (secondary N) is 2. The molecule has 0 unspecified atom stereocenters.